The van der Waals surface area contributed by atoms with Gasteiger partial charge in [0.2, 0.25) is 0 Å². The molecule has 0 aliphatic carbocycles. The number of rotatable bonds is 0. The monoisotopic (exact) mass is 529 g/mol. The fourth-order valence-electron chi connectivity index (χ4n) is 7.74. The normalized spacial score (nSPS) is 13.1. The van der Waals surface area contributed by atoms with E-state index in [0.717, 1.165) is 0 Å². The van der Waals surface area contributed by atoms with Gasteiger partial charge in [0.15, 0.2) is 0 Å². The lowest BCUT2D eigenvalue weighted by atomic mass is 9.42. The van der Waals surface area contributed by atoms with E-state index in [4.69, 9.17) is 0 Å². The van der Waals surface area contributed by atoms with E-state index < -0.39 is 0 Å². The van der Waals surface area contributed by atoms with E-state index in [-0.39, 0.29) is 6.85 Å². The maximum absolute atomic E-state index is 2.64. The summed E-state index contributed by atoms with van der Waals surface area (Å²) in [6.45, 7) is 0.0616. The molecular formula is C40H24BN. The van der Waals surface area contributed by atoms with Gasteiger partial charge < -0.3 is 4.81 Å². The highest BCUT2D eigenvalue weighted by atomic mass is 15.1. The van der Waals surface area contributed by atoms with Gasteiger partial charge in [0, 0.05) is 22.5 Å². The molecule has 0 aromatic heterocycles. The van der Waals surface area contributed by atoms with Crippen LogP contribution in [-0.2, 0) is 0 Å². The van der Waals surface area contributed by atoms with E-state index in [1.807, 2.05) is 0 Å². The van der Waals surface area contributed by atoms with E-state index in [0.29, 0.717) is 0 Å². The standard InChI is InChI=1S/C40H24BN/c1-3-13-29-23-36-33(21-27(29)11-1)40-32-16-8-6-10-26(32)18-20-37(40)42-38-24-30-14-4-2-12-28(30)22-34(38)39-31-15-7-5-9-25(31)17-19-35(39)41(36)42/h1-24H. The first-order chi connectivity index (χ1) is 20.8. The number of benzene rings is 8. The molecule has 0 spiro atoms. The van der Waals surface area contributed by atoms with E-state index >= 15 is 0 Å². The van der Waals surface area contributed by atoms with E-state index in [2.05, 4.69) is 150 Å². The largest absolute Gasteiger partial charge is 0.376 e. The average molecular weight is 529 g/mol. The van der Waals surface area contributed by atoms with Gasteiger partial charge >= 0.3 is 6.85 Å². The fraction of sp³-hybridized carbons (Fsp3) is 0. The minimum atomic E-state index is 0.0616. The van der Waals surface area contributed by atoms with Crippen LogP contribution in [0.15, 0.2) is 146 Å². The number of hydrogen-bond acceptors (Lipinski definition) is 1. The molecule has 8 aromatic carbocycles. The Bertz CT molecular complexity index is 2270. The quantitative estimate of drug-likeness (QED) is 0.177. The molecule has 0 amide bonds. The molecule has 0 saturated heterocycles. The van der Waals surface area contributed by atoms with Crippen LogP contribution in [0, 0.1) is 0 Å². The van der Waals surface area contributed by atoms with Crippen molar-refractivity contribution >= 4 is 72.2 Å². The fourth-order valence-corrected chi connectivity index (χ4v) is 7.74. The molecule has 0 N–H and O–H groups in total. The number of nitrogens with zero attached hydrogens (tertiary/aromatic N) is 1. The predicted octanol–water partition coefficient (Wildman–Crippen LogP) is 9.20. The van der Waals surface area contributed by atoms with Crippen LogP contribution in [0.3, 0.4) is 0 Å². The molecule has 8 aromatic rings. The van der Waals surface area contributed by atoms with Crippen molar-refractivity contribution in [2.45, 2.75) is 0 Å². The van der Waals surface area contributed by atoms with Gasteiger partial charge in [-0.1, -0.05) is 121 Å². The summed E-state index contributed by atoms with van der Waals surface area (Å²) in [5.41, 5.74) is 10.6. The molecule has 2 aliphatic rings. The van der Waals surface area contributed by atoms with Crippen LogP contribution >= 0.6 is 0 Å². The lowest BCUT2D eigenvalue weighted by Gasteiger charge is -2.44. The third-order valence-electron chi connectivity index (χ3n) is 9.56. The molecule has 0 radical (unpaired) electrons. The first-order valence-corrected chi connectivity index (χ1v) is 14.7. The zero-order valence-electron chi connectivity index (χ0n) is 22.9. The molecule has 0 atom stereocenters. The van der Waals surface area contributed by atoms with Crippen molar-refractivity contribution in [2.24, 2.45) is 0 Å². The van der Waals surface area contributed by atoms with Crippen LogP contribution in [-0.4, -0.2) is 6.85 Å². The molecule has 2 heterocycles. The highest BCUT2D eigenvalue weighted by Crippen LogP contribution is 2.50. The molecule has 42 heavy (non-hydrogen) atoms. The smallest absolute Gasteiger partial charge is 0.329 e. The molecule has 10 rings (SSSR count). The summed E-state index contributed by atoms with van der Waals surface area (Å²) in [4.78, 5) is 2.64. The Morgan fingerprint density at radius 3 is 1.57 bits per heavy atom. The summed E-state index contributed by atoms with van der Waals surface area (Å²) in [6, 6.07) is 54.4. The predicted molar refractivity (Wildman–Crippen MR) is 181 cm³/mol. The van der Waals surface area contributed by atoms with Gasteiger partial charge in [0.1, 0.15) is 0 Å². The van der Waals surface area contributed by atoms with Gasteiger partial charge in [-0.3, -0.25) is 0 Å². The van der Waals surface area contributed by atoms with Gasteiger partial charge in [-0.05, 0) is 89.4 Å². The van der Waals surface area contributed by atoms with Crippen LogP contribution < -0.4 is 15.7 Å². The lowest BCUT2D eigenvalue weighted by molar-refractivity contribution is 1.37. The van der Waals surface area contributed by atoms with Crippen molar-refractivity contribution in [2.75, 3.05) is 4.81 Å². The molecule has 2 heteroatoms. The number of anilines is 2. The topological polar surface area (TPSA) is 3.24 Å². The second kappa shape index (κ2) is 8.12. The molecular weight excluding hydrogens is 505 g/mol. The number of fused-ring (bicyclic) bond motifs is 17. The molecule has 2 aliphatic heterocycles. The van der Waals surface area contributed by atoms with E-state index in [1.165, 1.54) is 87.6 Å². The Morgan fingerprint density at radius 1 is 0.357 bits per heavy atom. The minimum Gasteiger partial charge on any atom is -0.376 e. The third-order valence-corrected chi connectivity index (χ3v) is 9.56. The Hall–Kier alpha value is -5.34. The summed E-state index contributed by atoms with van der Waals surface area (Å²) >= 11 is 0. The van der Waals surface area contributed by atoms with Crippen LogP contribution in [0.2, 0.25) is 0 Å². The Balaban J connectivity index is 1.42. The second-order valence-electron chi connectivity index (χ2n) is 11.7. The van der Waals surface area contributed by atoms with Crippen LogP contribution in [0.4, 0.5) is 11.4 Å². The Kier molecular flexibility index (Phi) is 4.32. The second-order valence-corrected chi connectivity index (χ2v) is 11.7. The average Bonchev–Trinajstić information content (AvgIpc) is 3.05. The zero-order valence-corrected chi connectivity index (χ0v) is 22.9. The molecule has 192 valence electrons. The van der Waals surface area contributed by atoms with Gasteiger partial charge in [-0.15, -0.1) is 0 Å². The van der Waals surface area contributed by atoms with Crippen LogP contribution in [0.1, 0.15) is 0 Å². The van der Waals surface area contributed by atoms with E-state index in [9.17, 15) is 0 Å². The molecule has 1 nitrogen and oxygen atoms in total. The molecule has 0 unspecified atom stereocenters. The summed E-state index contributed by atoms with van der Waals surface area (Å²) in [5, 5.41) is 10.3. The summed E-state index contributed by atoms with van der Waals surface area (Å²) in [6.07, 6.45) is 0. The van der Waals surface area contributed by atoms with Crippen molar-refractivity contribution in [3.8, 4) is 22.3 Å². The van der Waals surface area contributed by atoms with Gasteiger partial charge in [-0.25, -0.2) is 0 Å². The summed E-state index contributed by atoms with van der Waals surface area (Å²) in [5.74, 6) is 0. The molecule has 0 saturated carbocycles. The summed E-state index contributed by atoms with van der Waals surface area (Å²) < 4.78 is 0. The Morgan fingerprint density at radius 2 is 0.881 bits per heavy atom. The van der Waals surface area contributed by atoms with Crippen molar-refractivity contribution in [3.63, 3.8) is 0 Å². The van der Waals surface area contributed by atoms with Crippen molar-refractivity contribution in [3.05, 3.63) is 146 Å². The van der Waals surface area contributed by atoms with Gasteiger partial charge in [0.25, 0.3) is 0 Å². The maximum atomic E-state index is 2.64. The third kappa shape index (κ3) is 2.89. The molecule has 0 bridgehead atoms. The van der Waals surface area contributed by atoms with Gasteiger partial charge in [0.05, 0.1) is 0 Å². The maximum Gasteiger partial charge on any atom is 0.329 e. The van der Waals surface area contributed by atoms with E-state index in [1.54, 1.807) is 0 Å². The van der Waals surface area contributed by atoms with Crippen LogP contribution in [0.25, 0.3) is 65.3 Å². The van der Waals surface area contributed by atoms with Crippen molar-refractivity contribution in [1.29, 1.82) is 0 Å². The first-order valence-electron chi connectivity index (χ1n) is 14.7. The highest BCUT2D eigenvalue weighted by molar-refractivity contribution is 6.93. The minimum absolute atomic E-state index is 0.0616. The highest BCUT2D eigenvalue weighted by Gasteiger charge is 2.43. The SMILES string of the molecule is c1ccc2cc3c(cc2c1)B1c2ccc4ccccc4c2-c2cc4ccccc4cc2N1c1ccc2ccccc2c1-3. The van der Waals surface area contributed by atoms with Crippen molar-refractivity contribution < 1.29 is 0 Å². The molecule has 0 fully saturated rings. The number of hydrogen-bond donors (Lipinski definition) is 0. The summed E-state index contributed by atoms with van der Waals surface area (Å²) in [7, 11) is 0. The van der Waals surface area contributed by atoms with Crippen molar-refractivity contribution in [1.82, 2.24) is 0 Å². The Labute approximate surface area is 244 Å². The van der Waals surface area contributed by atoms with Crippen LogP contribution in [0.5, 0.6) is 0 Å². The zero-order chi connectivity index (χ0) is 27.4. The van der Waals surface area contributed by atoms with Gasteiger partial charge in [-0.2, -0.15) is 0 Å². The first kappa shape index (κ1) is 22.4. The lowest BCUT2D eigenvalue weighted by Crippen LogP contribution is -2.59.